The van der Waals surface area contributed by atoms with E-state index < -0.39 is 35.8 Å². The standard InChI is InChI=1S/C15H27N3O6S3/c1-10(22-4-7-25)16-13(19)17(11(2)23-5-8-26)15(21)18(14(16)20)12(3)24-6-9-27/h10-12,25-27H,4-9H2,1-3H3. The van der Waals surface area contributed by atoms with E-state index in [9.17, 15) is 14.4 Å². The van der Waals surface area contributed by atoms with Crippen molar-refractivity contribution in [3.63, 3.8) is 0 Å². The number of thiol groups is 3. The van der Waals surface area contributed by atoms with Gasteiger partial charge in [-0.2, -0.15) is 37.9 Å². The van der Waals surface area contributed by atoms with Crippen LogP contribution in [0.15, 0.2) is 14.4 Å². The molecule has 1 aromatic heterocycles. The van der Waals surface area contributed by atoms with Crippen LogP contribution in [0.3, 0.4) is 0 Å². The first kappa shape index (κ1) is 24.4. The molecule has 9 nitrogen and oxygen atoms in total. The Hall–Kier alpha value is -0.660. The number of nitrogens with zero attached hydrogens (tertiary/aromatic N) is 3. The van der Waals surface area contributed by atoms with E-state index in [2.05, 4.69) is 37.9 Å². The molecule has 0 N–H and O–H groups in total. The molecule has 0 bridgehead atoms. The van der Waals surface area contributed by atoms with Crippen molar-refractivity contribution in [2.75, 3.05) is 37.1 Å². The van der Waals surface area contributed by atoms with E-state index in [1.54, 1.807) is 20.8 Å². The molecule has 3 atom stereocenters. The molecule has 0 aliphatic heterocycles. The van der Waals surface area contributed by atoms with E-state index in [1.807, 2.05) is 0 Å². The molecule has 12 heteroatoms. The zero-order valence-electron chi connectivity index (χ0n) is 15.6. The Bertz CT molecular complexity index is 632. The molecule has 1 aromatic rings. The van der Waals surface area contributed by atoms with Crippen LogP contribution in [-0.4, -0.2) is 50.8 Å². The smallest absolute Gasteiger partial charge is 0.340 e. The maximum Gasteiger partial charge on any atom is 0.340 e. The first-order chi connectivity index (χ1) is 12.8. The molecule has 0 fully saturated rings. The molecular formula is C15H27N3O6S3. The minimum Gasteiger partial charge on any atom is -0.357 e. The van der Waals surface area contributed by atoms with Crippen LogP contribution in [0.2, 0.25) is 0 Å². The largest absolute Gasteiger partial charge is 0.357 e. The molecule has 0 saturated heterocycles. The predicted molar refractivity (Wildman–Crippen MR) is 113 cm³/mol. The predicted octanol–water partition coefficient (Wildman–Crippen LogP) is 0.566. The molecule has 27 heavy (non-hydrogen) atoms. The molecule has 0 aliphatic rings. The van der Waals surface area contributed by atoms with Gasteiger partial charge in [0, 0.05) is 17.3 Å². The summed E-state index contributed by atoms with van der Waals surface area (Å²) in [6.07, 6.45) is -2.70. The Labute approximate surface area is 173 Å². The lowest BCUT2D eigenvalue weighted by molar-refractivity contribution is -0.0185. The van der Waals surface area contributed by atoms with E-state index in [-0.39, 0.29) is 19.8 Å². The van der Waals surface area contributed by atoms with E-state index in [1.165, 1.54) is 0 Å². The van der Waals surface area contributed by atoms with Crippen LogP contribution in [0.1, 0.15) is 39.5 Å². The van der Waals surface area contributed by atoms with Crippen LogP contribution < -0.4 is 17.1 Å². The van der Waals surface area contributed by atoms with Crippen molar-refractivity contribution >= 4 is 37.9 Å². The van der Waals surface area contributed by atoms with Gasteiger partial charge in [0.2, 0.25) is 0 Å². The zero-order valence-corrected chi connectivity index (χ0v) is 18.3. The van der Waals surface area contributed by atoms with Crippen molar-refractivity contribution in [1.82, 2.24) is 13.7 Å². The van der Waals surface area contributed by atoms with Gasteiger partial charge < -0.3 is 14.2 Å². The molecule has 156 valence electrons. The number of rotatable bonds is 12. The second kappa shape index (κ2) is 12.0. The van der Waals surface area contributed by atoms with Crippen LogP contribution >= 0.6 is 37.9 Å². The second-order valence-corrected chi connectivity index (χ2v) is 6.88. The van der Waals surface area contributed by atoms with Gasteiger partial charge in [0.1, 0.15) is 18.7 Å². The summed E-state index contributed by atoms with van der Waals surface area (Å²) in [5.41, 5.74) is -2.46. The topological polar surface area (TPSA) is 93.7 Å². The fourth-order valence-electron chi connectivity index (χ4n) is 2.42. The van der Waals surface area contributed by atoms with Gasteiger partial charge in [-0.1, -0.05) is 0 Å². The maximum absolute atomic E-state index is 12.9. The van der Waals surface area contributed by atoms with Gasteiger partial charge in [0.25, 0.3) is 0 Å². The van der Waals surface area contributed by atoms with Gasteiger partial charge in [-0.3, -0.25) is 0 Å². The fraction of sp³-hybridized carbons (Fsp3) is 0.800. The molecule has 0 amide bonds. The molecule has 3 unspecified atom stereocenters. The second-order valence-electron chi connectivity index (χ2n) is 5.54. The third-order valence-corrected chi connectivity index (χ3v) is 4.23. The summed E-state index contributed by atoms with van der Waals surface area (Å²) >= 11 is 12.2. The number of hydrogen-bond donors (Lipinski definition) is 3. The highest BCUT2D eigenvalue weighted by Crippen LogP contribution is 2.07. The van der Waals surface area contributed by atoms with Gasteiger partial charge in [-0.25, -0.2) is 28.1 Å². The summed E-state index contributed by atoms with van der Waals surface area (Å²) in [6.45, 7) is 5.32. The molecular weight excluding hydrogens is 414 g/mol. The van der Waals surface area contributed by atoms with Crippen LogP contribution in [-0.2, 0) is 14.2 Å². The highest BCUT2D eigenvalue weighted by molar-refractivity contribution is 7.80. The number of hydrogen-bond acceptors (Lipinski definition) is 9. The molecule has 0 radical (unpaired) electrons. The molecule has 0 aliphatic carbocycles. The van der Waals surface area contributed by atoms with Crippen LogP contribution in [0.25, 0.3) is 0 Å². The van der Waals surface area contributed by atoms with Crippen molar-refractivity contribution in [2.24, 2.45) is 0 Å². The lowest BCUT2D eigenvalue weighted by Gasteiger charge is -2.23. The summed E-state index contributed by atoms with van der Waals surface area (Å²) in [5, 5.41) is 0. The van der Waals surface area contributed by atoms with Gasteiger partial charge in [0.15, 0.2) is 0 Å². The summed E-state index contributed by atoms with van der Waals surface area (Å²) < 4.78 is 19.0. The normalized spacial score (nSPS) is 14.9. The minimum absolute atomic E-state index is 0.229. The Morgan fingerprint density at radius 3 is 1.04 bits per heavy atom. The van der Waals surface area contributed by atoms with Crippen molar-refractivity contribution in [3.8, 4) is 0 Å². The van der Waals surface area contributed by atoms with Crippen molar-refractivity contribution in [2.45, 2.75) is 39.5 Å². The number of aromatic nitrogens is 3. The van der Waals surface area contributed by atoms with Crippen molar-refractivity contribution < 1.29 is 14.2 Å². The first-order valence-corrected chi connectivity index (χ1v) is 10.4. The fourth-order valence-corrected chi connectivity index (χ4v) is 2.74. The van der Waals surface area contributed by atoms with Crippen LogP contribution in [0, 0.1) is 0 Å². The van der Waals surface area contributed by atoms with Crippen molar-refractivity contribution in [1.29, 1.82) is 0 Å². The van der Waals surface area contributed by atoms with E-state index in [0.29, 0.717) is 17.3 Å². The third-order valence-electron chi connectivity index (χ3n) is 3.68. The van der Waals surface area contributed by atoms with E-state index in [0.717, 1.165) is 13.7 Å². The van der Waals surface area contributed by atoms with Crippen molar-refractivity contribution in [3.05, 3.63) is 31.5 Å². The zero-order chi connectivity index (χ0) is 20.6. The third kappa shape index (κ3) is 6.16. The van der Waals surface area contributed by atoms with Crippen LogP contribution in [0.5, 0.6) is 0 Å². The van der Waals surface area contributed by atoms with E-state index >= 15 is 0 Å². The lowest BCUT2D eigenvalue weighted by Crippen LogP contribution is -2.57. The summed E-state index contributed by atoms with van der Waals surface area (Å²) in [5.74, 6) is 1.24. The Balaban J connectivity index is 3.60. The Kier molecular flexibility index (Phi) is 10.9. The molecule has 0 saturated carbocycles. The summed E-state index contributed by atoms with van der Waals surface area (Å²) in [6, 6.07) is 0. The van der Waals surface area contributed by atoms with Gasteiger partial charge >= 0.3 is 17.1 Å². The number of ether oxygens (including phenoxy) is 3. The average molecular weight is 442 g/mol. The molecule has 0 aromatic carbocycles. The van der Waals surface area contributed by atoms with E-state index in [4.69, 9.17) is 14.2 Å². The van der Waals surface area contributed by atoms with Gasteiger partial charge in [-0.05, 0) is 20.8 Å². The quantitative estimate of drug-likeness (QED) is 0.411. The highest BCUT2D eigenvalue weighted by atomic mass is 32.1. The monoisotopic (exact) mass is 441 g/mol. The maximum atomic E-state index is 12.9. The summed E-state index contributed by atoms with van der Waals surface area (Å²) in [4.78, 5) is 38.6. The van der Waals surface area contributed by atoms with Gasteiger partial charge in [0.05, 0.1) is 19.8 Å². The Morgan fingerprint density at radius 1 is 0.630 bits per heavy atom. The minimum atomic E-state index is -0.899. The summed E-state index contributed by atoms with van der Waals surface area (Å²) in [7, 11) is 0. The lowest BCUT2D eigenvalue weighted by atomic mass is 10.5. The average Bonchev–Trinajstić information content (AvgIpc) is 2.62. The van der Waals surface area contributed by atoms with Crippen LogP contribution in [0.4, 0.5) is 0 Å². The Morgan fingerprint density at radius 2 is 0.852 bits per heavy atom. The first-order valence-electron chi connectivity index (χ1n) is 8.48. The molecule has 1 rings (SSSR count). The highest BCUT2D eigenvalue weighted by Gasteiger charge is 2.25. The SMILES string of the molecule is CC(OCCS)n1c(=O)n(C(C)OCCS)c(=O)n(C(C)OCCS)c1=O. The van der Waals surface area contributed by atoms with Gasteiger partial charge in [-0.15, -0.1) is 0 Å². The molecule has 0 spiro atoms. The molecule has 1 heterocycles.